The highest BCUT2D eigenvalue weighted by Crippen LogP contribution is 2.25. The predicted molar refractivity (Wildman–Crippen MR) is 89.8 cm³/mol. The van der Waals surface area contributed by atoms with Crippen molar-refractivity contribution in [1.82, 2.24) is 10.6 Å². The first kappa shape index (κ1) is 17.1. The highest BCUT2D eigenvalue weighted by molar-refractivity contribution is 5.97. The van der Waals surface area contributed by atoms with Gasteiger partial charge in [0.05, 0.1) is 13.2 Å². The quantitative estimate of drug-likeness (QED) is 0.758. The van der Waals surface area contributed by atoms with Gasteiger partial charge in [-0.2, -0.15) is 0 Å². The summed E-state index contributed by atoms with van der Waals surface area (Å²) in [5.74, 6) is 0.718. The minimum Gasteiger partial charge on any atom is -0.497 e. The molecule has 3 amide bonds. The third-order valence-electron chi connectivity index (χ3n) is 3.89. The third-order valence-corrected chi connectivity index (χ3v) is 3.89. The molecule has 1 fully saturated rings. The van der Waals surface area contributed by atoms with Crippen LogP contribution in [0.4, 0.5) is 10.5 Å². The minimum absolute atomic E-state index is 0.00883. The summed E-state index contributed by atoms with van der Waals surface area (Å²) in [6.45, 7) is 3.27. The Morgan fingerprint density at radius 3 is 2.96 bits per heavy atom. The van der Waals surface area contributed by atoms with Gasteiger partial charge in [0.2, 0.25) is 5.91 Å². The Morgan fingerprint density at radius 2 is 2.22 bits per heavy atom. The normalized spacial score (nSPS) is 17.2. The van der Waals surface area contributed by atoms with Crippen molar-refractivity contribution in [3.8, 4) is 5.75 Å². The van der Waals surface area contributed by atoms with Crippen molar-refractivity contribution in [2.24, 2.45) is 0 Å². The average Bonchev–Trinajstić information content (AvgIpc) is 2.92. The maximum atomic E-state index is 12.2. The van der Waals surface area contributed by atoms with E-state index in [4.69, 9.17) is 4.74 Å². The molecular formula is C17H25N3O3. The summed E-state index contributed by atoms with van der Waals surface area (Å²) in [6, 6.07) is 7.01. The van der Waals surface area contributed by atoms with Crippen LogP contribution >= 0.6 is 0 Å². The molecule has 126 valence electrons. The molecule has 1 aromatic rings. The van der Waals surface area contributed by atoms with Crippen LogP contribution in [0.25, 0.3) is 0 Å². The first-order valence-electron chi connectivity index (χ1n) is 8.12. The highest BCUT2D eigenvalue weighted by Gasteiger charge is 2.31. The Hall–Kier alpha value is -2.24. The van der Waals surface area contributed by atoms with E-state index in [1.165, 1.54) is 0 Å². The van der Waals surface area contributed by atoms with Crippen LogP contribution in [0.2, 0.25) is 0 Å². The van der Waals surface area contributed by atoms with Gasteiger partial charge in [0, 0.05) is 31.3 Å². The van der Waals surface area contributed by atoms with Gasteiger partial charge in [0.1, 0.15) is 5.75 Å². The number of rotatable bonds is 7. The van der Waals surface area contributed by atoms with Crippen LogP contribution in [0.1, 0.15) is 32.6 Å². The average molecular weight is 319 g/mol. The summed E-state index contributed by atoms with van der Waals surface area (Å²) >= 11 is 0. The van der Waals surface area contributed by atoms with E-state index in [0.717, 1.165) is 24.9 Å². The largest absolute Gasteiger partial charge is 0.497 e. The molecule has 0 saturated carbocycles. The van der Waals surface area contributed by atoms with E-state index >= 15 is 0 Å². The number of urea groups is 1. The Labute approximate surface area is 137 Å². The van der Waals surface area contributed by atoms with Gasteiger partial charge >= 0.3 is 6.03 Å². The molecule has 0 radical (unpaired) electrons. The van der Waals surface area contributed by atoms with Gasteiger partial charge in [-0.05, 0) is 18.6 Å². The van der Waals surface area contributed by atoms with Crippen molar-refractivity contribution in [3.05, 3.63) is 24.3 Å². The topological polar surface area (TPSA) is 70.7 Å². The fraction of sp³-hybridized carbons (Fsp3) is 0.529. The molecule has 1 aliphatic heterocycles. The number of nitrogens with zero attached hydrogens (tertiary/aromatic N) is 1. The first-order chi connectivity index (χ1) is 11.1. The number of ether oxygens (including phenoxy) is 1. The zero-order chi connectivity index (χ0) is 16.7. The number of benzene rings is 1. The van der Waals surface area contributed by atoms with Gasteiger partial charge in [-0.1, -0.05) is 25.8 Å². The van der Waals surface area contributed by atoms with E-state index in [2.05, 4.69) is 17.6 Å². The summed E-state index contributed by atoms with van der Waals surface area (Å²) in [7, 11) is 1.60. The SMILES string of the molecule is CCCCCNC(=O)N[C@@H]1CC(=O)N(c2cccc(OC)c2)C1. The van der Waals surface area contributed by atoms with Crippen molar-refractivity contribution >= 4 is 17.6 Å². The Balaban J connectivity index is 1.85. The lowest BCUT2D eigenvalue weighted by Crippen LogP contribution is -2.43. The van der Waals surface area contributed by atoms with Gasteiger partial charge in [0.15, 0.2) is 0 Å². The number of anilines is 1. The van der Waals surface area contributed by atoms with E-state index in [9.17, 15) is 9.59 Å². The Bertz CT molecular complexity index is 548. The van der Waals surface area contributed by atoms with Crippen LogP contribution in [0, 0.1) is 0 Å². The molecule has 1 saturated heterocycles. The number of amides is 3. The maximum Gasteiger partial charge on any atom is 0.315 e. The third kappa shape index (κ3) is 4.87. The fourth-order valence-corrected chi connectivity index (χ4v) is 2.65. The monoisotopic (exact) mass is 319 g/mol. The van der Waals surface area contributed by atoms with Gasteiger partial charge in [-0.25, -0.2) is 4.79 Å². The lowest BCUT2D eigenvalue weighted by Gasteiger charge is -2.18. The Morgan fingerprint density at radius 1 is 1.39 bits per heavy atom. The van der Waals surface area contributed by atoms with Crippen molar-refractivity contribution in [1.29, 1.82) is 0 Å². The molecule has 2 rings (SSSR count). The van der Waals surface area contributed by atoms with E-state index in [1.807, 2.05) is 24.3 Å². The zero-order valence-corrected chi connectivity index (χ0v) is 13.8. The van der Waals surface area contributed by atoms with E-state index in [1.54, 1.807) is 12.0 Å². The number of hydrogen-bond donors (Lipinski definition) is 2. The molecule has 6 heteroatoms. The molecule has 0 spiro atoms. The number of nitrogens with one attached hydrogen (secondary N) is 2. The number of unbranched alkanes of at least 4 members (excludes halogenated alkanes) is 2. The summed E-state index contributed by atoms with van der Waals surface area (Å²) in [5, 5.41) is 5.70. The molecule has 0 aromatic heterocycles. The molecule has 6 nitrogen and oxygen atoms in total. The highest BCUT2D eigenvalue weighted by atomic mass is 16.5. The second kappa shape index (κ2) is 8.41. The van der Waals surface area contributed by atoms with E-state index in [0.29, 0.717) is 25.3 Å². The summed E-state index contributed by atoms with van der Waals surface area (Å²) in [5.41, 5.74) is 0.794. The van der Waals surface area contributed by atoms with Crippen LogP contribution in [0.3, 0.4) is 0 Å². The summed E-state index contributed by atoms with van der Waals surface area (Å²) in [6.07, 6.45) is 3.52. The molecule has 1 aromatic carbocycles. The lowest BCUT2D eigenvalue weighted by atomic mass is 10.2. The van der Waals surface area contributed by atoms with Crippen LogP contribution in [0.5, 0.6) is 5.75 Å². The van der Waals surface area contributed by atoms with Crippen molar-refractivity contribution < 1.29 is 14.3 Å². The van der Waals surface area contributed by atoms with Crippen LogP contribution in [-0.2, 0) is 4.79 Å². The Kier molecular flexibility index (Phi) is 6.26. The van der Waals surface area contributed by atoms with Crippen molar-refractivity contribution in [2.45, 2.75) is 38.6 Å². The molecule has 0 unspecified atom stereocenters. The maximum absolute atomic E-state index is 12.2. The van der Waals surface area contributed by atoms with Gasteiger partial charge < -0.3 is 20.3 Å². The van der Waals surface area contributed by atoms with Crippen LogP contribution < -0.4 is 20.3 Å². The molecule has 1 aliphatic rings. The number of hydrogen-bond acceptors (Lipinski definition) is 3. The molecule has 1 heterocycles. The number of carbonyl (C=O) groups is 2. The fourth-order valence-electron chi connectivity index (χ4n) is 2.65. The summed E-state index contributed by atoms with van der Waals surface area (Å²) < 4.78 is 5.19. The molecule has 1 atom stereocenters. The first-order valence-corrected chi connectivity index (χ1v) is 8.12. The lowest BCUT2D eigenvalue weighted by molar-refractivity contribution is -0.117. The minimum atomic E-state index is -0.202. The molecule has 0 bridgehead atoms. The van der Waals surface area contributed by atoms with Gasteiger partial charge in [0.25, 0.3) is 0 Å². The second-order valence-electron chi connectivity index (χ2n) is 5.71. The molecule has 23 heavy (non-hydrogen) atoms. The predicted octanol–water partition coefficient (Wildman–Crippen LogP) is 2.29. The van der Waals surface area contributed by atoms with Crippen LogP contribution in [0.15, 0.2) is 24.3 Å². The van der Waals surface area contributed by atoms with E-state index in [-0.39, 0.29) is 18.0 Å². The molecule has 0 aliphatic carbocycles. The van der Waals surface area contributed by atoms with Crippen molar-refractivity contribution in [2.75, 3.05) is 25.1 Å². The molecular weight excluding hydrogens is 294 g/mol. The number of carbonyl (C=O) groups excluding carboxylic acids is 2. The number of methoxy groups -OCH3 is 1. The van der Waals surface area contributed by atoms with Crippen LogP contribution in [-0.4, -0.2) is 38.2 Å². The van der Waals surface area contributed by atoms with E-state index < -0.39 is 0 Å². The summed E-state index contributed by atoms with van der Waals surface area (Å²) in [4.78, 5) is 25.7. The standard InChI is InChI=1S/C17H25N3O3/c1-3-4-5-9-18-17(22)19-13-10-16(21)20(12-13)14-7-6-8-15(11-14)23-2/h6-8,11,13H,3-5,9-10,12H2,1-2H3,(H2,18,19,22)/t13-/m1/s1. The zero-order valence-electron chi connectivity index (χ0n) is 13.8. The second-order valence-corrected chi connectivity index (χ2v) is 5.71. The molecule has 2 N–H and O–H groups in total. The van der Waals surface area contributed by atoms with Gasteiger partial charge in [-0.15, -0.1) is 0 Å². The van der Waals surface area contributed by atoms with Gasteiger partial charge in [-0.3, -0.25) is 4.79 Å². The smallest absolute Gasteiger partial charge is 0.315 e. The van der Waals surface area contributed by atoms with Crippen molar-refractivity contribution in [3.63, 3.8) is 0 Å².